The van der Waals surface area contributed by atoms with Crippen LogP contribution >= 0.6 is 0 Å². The van der Waals surface area contributed by atoms with Crippen LogP contribution in [-0.2, 0) is 18.6 Å². The van der Waals surface area contributed by atoms with Crippen LogP contribution in [0.4, 0.5) is 0 Å². The van der Waals surface area contributed by atoms with Crippen LogP contribution in [0.25, 0.3) is 0 Å². The molecule has 0 atom stereocenters. The number of hydrogen-bond acceptors (Lipinski definition) is 4. The van der Waals surface area contributed by atoms with E-state index in [9.17, 15) is 20.4 Å². The third-order valence-electron chi connectivity index (χ3n) is 6.33. The maximum atomic E-state index is 10.3. The van der Waals surface area contributed by atoms with Crippen molar-refractivity contribution in [1.29, 1.82) is 0 Å². The second kappa shape index (κ2) is 7.53. The lowest BCUT2D eigenvalue weighted by atomic mass is 9.62. The Labute approximate surface area is 161 Å². The molecule has 0 bridgehead atoms. The van der Waals surface area contributed by atoms with Gasteiger partial charge in [-0.25, -0.2) is 0 Å². The number of hydrogen-bond donors (Lipinski definition) is 4. The van der Waals surface area contributed by atoms with Crippen molar-refractivity contribution in [2.45, 2.75) is 65.1 Å². The number of aryl methyl sites for hydroxylation is 2. The van der Waals surface area contributed by atoms with Gasteiger partial charge < -0.3 is 20.4 Å². The molecule has 0 aliphatic heterocycles. The fraction of sp³-hybridized carbons (Fsp3) is 0.478. The summed E-state index contributed by atoms with van der Waals surface area (Å²) in [5.74, 6) is 0.959. The van der Waals surface area contributed by atoms with E-state index in [2.05, 4.69) is 6.92 Å². The van der Waals surface area contributed by atoms with Crippen LogP contribution in [0.2, 0.25) is 0 Å². The maximum Gasteiger partial charge on any atom is 0.124 e. The van der Waals surface area contributed by atoms with Crippen LogP contribution in [-0.4, -0.2) is 20.4 Å². The molecular weight excluding hydrogens is 340 g/mol. The molecule has 0 saturated heterocycles. The van der Waals surface area contributed by atoms with E-state index in [4.69, 9.17) is 0 Å². The average Bonchev–Trinajstić information content (AvgIpc) is 2.66. The van der Waals surface area contributed by atoms with Crippen LogP contribution in [0.15, 0.2) is 24.3 Å². The molecule has 4 heteroatoms. The van der Waals surface area contributed by atoms with E-state index in [1.807, 2.05) is 38.1 Å². The van der Waals surface area contributed by atoms with Crippen molar-refractivity contribution in [3.63, 3.8) is 0 Å². The molecule has 0 amide bonds. The minimum Gasteiger partial charge on any atom is -0.507 e. The Morgan fingerprint density at radius 2 is 1.22 bits per heavy atom. The van der Waals surface area contributed by atoms with Crippen LogP contribution in [0.3, 0.4) is 0 Å². The van der Waals surface area contributed by atoms with Crippen LogP contribution in [0.5, 0.6) is 11.5 Å². The van der Waals surface area contributed by atoms with Gasteiger partial charge in [-0.15, -0.1) is 0 Å². The molecule has 2 aromatic rings. The van der Waals surface area contributed by atoms with E-state index in [-0.39, 0.29) is 30.1 Å². The molecule has 27 heavy (non-hydrogen) atoms. The van der Waals surface area contributed by atoms with E-state index in [0.717, 1.165) is 47.9 Å². The van der Waals surface area contributed by atoms with E-state index in [1.165, 1.54) is 0 Å². The summed E-state index contributed by atoms with van der Waals surface area (Å²) in [7, 11) is 0. The van der Waals surface area contributed by atoms with E-state index < -0.39 is 0 Å². The predicted octanol–water partition coefficient (Wildman–Crippen LogP) is 4.20. The number of phenols is 2. The summed E-state index contributed by atoms with van der Waals surface area (Å²) in [6, 6.07) is 7.87. The van der Waals surface area contributed by atoms with Gasteiger partial charge in [-0.1, -0.05) is 19.1 Å². The third-order valence-corrected chi connectivity index (χ3v) is 6.33. The molecule has 1 aliphatic carbocycles. The molecule has 2 aromatic carbocycles. The largest absolute Gasteiger partial charge is 0.507 e. The molecule has 1 aliphatic rings. The molecule has 0 spiro atoms. The summed E-state index contributed by atoms with van der Waals surface area (Å²) in [5.41, 5.74) is 4.52. The van der Waals surface area contributed by atoms with Gasteiger partial charge in [0.15, 0.2) is 0 Å². The molecule has 0 heterocycles. The Hall–Kier alpha value is -2.04. The smallest absolute Gasteiger partial charge is 0.124 e. The van der Waals surface area contributed by atoms with Crippen LogP contribution in [0, 0.1) is 19.8 Å². The zero-order valence-electron chi connectivity index (χ0n) is 16.4. The molecule has 0 radical (unpaired) electrons. The number of aromatic hydroxyl groups is 2. The monoisotopic (exact) mass is 370 g/mol. The molecule has 4 N–H and O–H groups in total. The lowest BCUT2D eigenvalue weighted by Crippen LogP contribution is -2.33. The average molecular weight is 370 g/mol. The summed E-state index contributed by atoms with van der Waals surface area (Å²) in [5, 5.41) is 39.9. The Morgan fingerprint density at radius 1 is 0.815 bits per heavy atom. The summed E-state index contributed by atoms with van der Waals surface area (Å²) in [6.07, 6.45) is 4.09. The molecular formula is C23H30O4. The van der Waals surface area contributed by atoms with E-state index in [0.29, 0.717) is 17.0 Å². The quantitative estimate of drug-likeness (QED) is 0.650. The van der Waals surface area contributed by atoms with Crippen molar-refractivity contribution in [2.75, 3.05) is 0 Å². The maximum absolute atomic E-state index is 10.3. The van der Waals surface area contributed by atoms with Crippen molar-refractivity contribution in [3.05, 3.63) is 57.6 Å². The predicted molar refractivity (Wildman–Crippen MR) is 106 cm³/mol. The van der Waals surface area contributed by atoms with E-state index in [1.54, 1.807) is 0 Å². The summed E-state index contributed by atoms with van der Waals surface area (Å²) < 4.78 is 0. The molecule has 3 rings (SSSR count). The Bertz CT molecular complexity index is 771. The summed E-state index contributed by atoms with van der Waals surface area (Å²) in [6.45, 7) is 5.58. The zero-order chi connectivity index (χ0) is 19.8. The van der Waals surface area contributed by atoms with Crippen molar-refractivity contribution >= 4 is 0 Å². The van der Waals surface area contributed by atoms with Gasteiger partial charge in [0.25, 0.3) is 0 Å². The van der Waals surface area contributed by atoms with Crippen LogP contribution < -0.4 is 0 Å². The van der Waals surface area contributed by atoms with Gasteiger partial charge in [0.2, 0.25) is 0 Å². The minimum atomic E-state index is -0.253. The Balaban J connectivity index is 2.23. The highest BCUT2D eigenvalue weighted by molar-refractivity contribution is 5.52. The highest BCUT2D eigenvalue weighted by Crippen LogP contribution is 2.48. The third kappa shape index (κ3) is 3.44. The zero-order valence-corrected chi connectivity index (χ0v) is 16.4. The normalized spacial score (nSPS) is 17.2. The fourth-order valence-electron chi connectivity index (χ4n) is 4.50. The van der Waals surface area contributed by atoms with Gasteiger partial charge in [-0.05, 0) is 79.8 Å². The molecule has 1 fully saturated rings. The van der Waals surface area contributed by atoms with Gasteiger partial charge >= 0.3 is 0 Å². The molecule has 1 saturated carbocycles. The highest BCUT2D eigenvalue weighted by Gasteiger charge is 2.38. The van der Waals surface area contributed by atoms with Crippen molar-refractivity contribution in [2.24, 2.45) is 5.92 Å². The summed E-state index contributed by atoms with van der Waals surface area (Å²) >= 11 is 0. The first kappa shape index (κ1) is 19.7. The Kier molecular flexibility index (Phi) is 5.50. The van der Waals surface area contributed by atoms with Gasteiger partial charge in [-0.3, -0.25) is 0 Å². The summed E-state index contributed by atoms with van der Waals surface area (Å²) in [4.78, 5) is 0. The lowest BCUT2D eigenvalue weighted by molar-refractivity contribution is 0.266. The highest BCUT2D eigenvalue weighted by atomic mass is 16.3. The second-order valence-corrected chi connectivity index (χ2v) is 8.18. The van der Waals surface area contributed by atoms with Gasteiger partial charge in [0.1, 0.15) is 11.5 Å². The van der Waals surface area contributed by atoms with Crippen molar-refractivity contribution < 1.29 is 20.4 Å². The van der Waals surface area contributed by atoms with Gasteiger partial charge in [0.05, 0.1) is 13.2 Å². The van der Waals surface area contributed by atoms with Gasteiger partial charge in [-0.2, -0.15) is 0 Å². The first-order chi connectivity index (χ1) is 12.8. The molecule has 146 valence electrons. The van der Waals surface area contributed by atoms with E-state index >= 15 is 0 Å². The Morgan fingerprint density at radius 3 is 1.59 bits per heavy atom. The van der Waals surface area contributed by atoms with Gasteiger partial charge in [0, 0.05) is 16.5 Å². The second-order valence-electron chi connectivity index (χ2n) is 8.18. The van der Waals surface area contributed by atoms with Crippen molar-refractivity contribution in [3.8, 4) is 11.5 Å². The number of rotatable bonds is 4. The molecule has 4 nitrogen and oxygen atoms in total. The standard InChI is InChI=1S/C23H30O4/c1-14-4-6-23(7-5-14,19-8-15(2)21(26)17(10-19)12-24)20-9-16(3)22(27)18(11-20)13-25/h8-11,14,24-27H,4-7,12-13H2,1-3H3. The first-order valence-electron chi connectivity index (χ1n) is 9.70. The van der Waals surface area contributed by atoms with Crippen molar-refractivity contribution in [1.82, 2.24) is 0 Å². The topological polar surface area (TPSA) is 80.9 Å². The number of aliphatic hydroxyl groups is 2. The minimum absolute atomic E-state index is 0.151. The first-order valence-corrected chi connectivity index (χ1v) is 9.70. The lowest BCUT2D eigenvalue weighted by Gasteiger charge is -2.41. The number of aliphatic hydroxyl groups excluding tert-OH is 2. The van der Waals surface area contributed by atoms with Crippen LogP contribution in [0.1, 0.15) is 66.0 Å². The molecule has 0 aromatic heterocycles. The number of benzene rings is 2. The molecule has 0 unspecified atom stereocenters. The SMILES string of the molecule is Cc1cc(C2(c3cc(C)c(O)c(CO)c3)CCC(C)CC2)cc(CO)c1O. The fourth-order valence-corrected chi connectivity index (χ4v) is 4.50.